The zero-order valence-electron chi connectivity index (χ0n) is 6.02. The van der Waals surface area contributed by atoms with Crippen LogP contribution >= 0.6 is 15.2 Å². The second-order valence-corrected chi connectivity index (χ2v) is 5.26. The minimum Gasteiger partial charge on any atom is -0.325 e. The molecule has 0 fully saturated rings. The fourth-order valence-corrected chi connectivity index (χ4v) is 1.62. The van der Waals surface area contributed by atoms with Gasteiger partial charge in [0.2, 0.25) is 5.57 Å². The van der Waals surface area contributed by atoms with E-state index in [1.165, 1.54) is 0 Å². The number of hydrogen-bond acceptors (Lipinski definition) is 3. The monoisotopic (exact) mass is 228 g/mol. The number of imidazole rings is 1. The molecule has 0 unspecified atom stereocenters. The van der Waals surface area contributed by atoms with Gasteiger partial charge < -0.3 is 24.6 Å². The van der Waals surface area contributed by atoms with Gasteiger partial charge in [-0.3, -0.25) is 9.13 Å². The van der Waals surface area contributed by atoms with Gasteiger partial charge in [0, 0.05) is 0 Å². The summed E-state index contributed by atoms with van der Waals surface area (Å²) in [4.78, 5) is 39.2. The molecule has 13 heavy (non-hydrogen) atoms. The summed E-state index contributed by atoms with van der Waals surface area (Å²) in [6.07, 6.45) is 0.690. The summed E-state index contributed by atoms with van der Waals surface area (Å²) in [7, 11) is -9.10. The van der Waals surface area contributed by atoms with Crippen molar-refractivity contribution in [1.29, 1.82) is 0 Å². The lowest BCUT2D eigenvalue weighted by Crippen LogP contribution is -2.13. The van der Waals surface area contributed by atoms with Crippen molar-refractivity contribution >= 4 is 26.2 Å². The first-order chi connectivity index (χ1) is 5.71. The van der Waals surface area contributed by atoms with Crippen molar-refractivity contribution in [2.24, 2.45) is 0 Å². The van der Waals surface area contributed by atoms with Gasteiger partial charge in [0.05, 0.1) is 6.20 Å². The predicted molar refractivity (Wildman–Crippen MR) is 41.9 cm³/mol. The van der Waals surface area contributed by atoms with Crippen LogP contribution in [0.3, 0.4) is 0 Å². The molecule has 1 rings (SSSR count). The summed E-state index contributed by atoms with van der Waals surface area (Å²) in [5, 5.41) is 0. The normalized spacial score (nSPS) is 13.2. The van der Waals surface area contributed by atoms with Crippen LogP contribution in [0.5, 0.6) is 0 Å². The molecule has 0 saturated heterocycles. The number of rotatable bonds is 2. The number of H-pyrrole nitrogens is 1. The molecule has 10 heteroatoms. The second kappa shape index (κ2) is 3.02. The molecule has 0 aromatic carbocycles. The number of hydrogen-bond donors (Lipinski definition) is 5. The summed E-state index contributed by atoms with van der Waals surface area (Å²) in [6, 6.07) is 0. The van der Waals surface area contributed by atoms with E-state index in [1.54, 1.807) is 0 Å². The highest BCUT2D eigenvalue weighted by Crippen LogP contribution is 2.34. The number of aromatic nitrogens is 2. The third kappa shape index (κ3) is 2.47. The van der Waals surface area contributed by atoms with Crippen molar-refractivity contribution in [3.63, 3.8) is 0 Å². The topological polar surface area (TPSA) is 144 Å². The Morgan fingerprint density at radius 3 is 1.92 bits per heavy atom. The molecule has 0 bridgehead atoms. The van der Waals surface area contributed by atoms with Crippen molar-refractivity contribution in [2.45, 2.75) is 0 Å². The Balaban J connectivity index is 3.16. The van der Waals surface area contributed by atoms with Gasteiger partial charge in [-0.05, 0) is 0 Å². The van der Waals surface area contributed by atoms with E-state index < -0.39 is 26.2 Å². The fraction of sp³-hybridized carbons (Fsp3) is 0. The van der Waals surface area contributed by atoms with E-state index in [-0.39, 0.29) is 0 Å². The molecule has 0 aliphatic heterocycles. The van der Waals surface area contributed by atoms with Crippen LogP contribution in [0.1, 0.15) is 0 Å². The Morgan fingerprint density at radius 1 is 1.15 bits per heavy atom. The SMILES string of the molecule is O=P(O)(O)c1cnc(P(=O)(O)O)[nH]1. The first kappa shape index (κ1) is 10.6. The van der Waals surface area contributed by atoms with E-state index in [4.69, 9.17) is 19.6 Å². The molecule has 5 N–H and O–H groups in total. The van der Waals surface area contributed by atoms with Crippen molar-refractivity contribution < 1.29 is 28.7 Å². The Morgan fingerprint density at radius 2 is 1.69 bits per heavy atom. The van der Waals surface area contributed by atoms with Gasteiger partial charge in [0.15, 0.2) is 0 Å². The van der Waals surface area contributed by atoms with Crippen LogP contribution < -0.4 is 11.0 Å². The van der Waals surface area contributed by atoms with Gasteiger partial charge in [-0.2, -0.15) is 0 Å². The molecule has 0 aliphatic rings. The molecule has 0 saturated carbocycles. The molecular formula is C3H6N2O6P2. The molecule has 0 aliphatic carbocycles. The zero-order valence-corrected chi connectivity index (χ0v) is 7.81. The minimum atomic E-state index is -4.58. The van der Waals surface area contributed by atoms with Crippen molar-refractivity contribution in [3.05, 3.63) is 6.20 Å². The van der Waals surface area contributed by atoms with Gasteiger partial charge in [0.1, 0.15) is 5.44 Å². The number of nitrogens with zero attached hydrogens (tertiary/aromatic N) is 1. The summed E-state index contributed by atoms with van der Waals surface area (Å²) in [5.74, 6) is 0. The largest absolute Gasteiger partial charge is 0.391 e. The lowest BCUT2D eigenvalue weighted by atomic mass is 11.0. The average Bonchev–Trinajstić information content (AvgIpc) is 2.28. The molecule has 0 atom stereocenters. The van der Waals surface area contributed by atoms with E-state index in [0.717, 1.165) is 0 Å². The molecular weight excluding hydrogens is 222 g/mol. The molecule has 0 spiro atoms. The van der Waals surface area contributed by atoms with Crippen molar-refractivity contribution in [1.82, 2.24) is 9.97 Å². The summed E-state index contributed by atoms with van der Waals surface area (Å²) >= 11 is 0. The van der Waals surface area contributed by atoms with Crippen LogP contribution in [0.2, 0.25) is 0 Å². The maximum absolute atomic E-state index is 10.5. The highest BCUT2D eigenvalue weighted by molar-refractivity contribution is 7.61. The van der Waals surface area contributed by atoms with Gasteiger partial charge in [-0.25, -0.2) is 4.98 Å². The van der Waals surface area contributed by atoms with Gasteiger partial charge in [-0.15, -0.1) is 0 Å². The Kier molecular flexibility index (Phi) is 2.46. The smallest absolute Gasteiger partial charge is 0.325 e. The zero-order chi connectivity index (χ0) is 10.3. The maximum Gasteiger partial charge on any atom is 0.391 e. The van der Waals surface area contributed by atoms with E-state index >= 15 is 0 Å². The summed E-state index contributed by atoms with van der Waals surface area (Å²) in [5.41, 5.74) is -1.38. The molecule has 1 aromatic rings. The number of nitrogens with one attached hydrogen (secondary N) is 1. The highest BCUT2D eigenvalue weighted by Gasteiger charge is 2.26. The third-order valence-electron chi connectivity index (χ3n) is 1.14. The summed E-state index contributed by atoms with van der Waals surface area (Å²) in [6.45, 7) is 0. The van der Waals surface area contributed by atoms with E-state index in [0.29, 0.717) is 6.20 Å². The lowest BCUT2D eigenvalue weighted by Gasteiger charge is -1.99. The van der Waals surface area contributed by atoms with Crippen LogP contribution in [0.25, 0.3) is 0 Å². The Labute approximate surface area is 72.0 Å². The molecule has 8 nitrogen and oxygen atoms in total. The standard InChI is InChI=1S/C3H6N2O6P2/c6-12(7,8)2-1-4-3(5-2)13(9,10)11/h1H,(H,4,5)(H2,6,7,8)(H2,9,10,11). The van der Waals surface area contributed by atoms with Crippen molar-refractivity contribution in [3.8, 4) is 0 Å². The van der Waals surface area contributed by atoms with Crippen LogP contribution in [-0.4, -0.2) is 29.5 Å². The minimum absolute atomic E-state index is 0.620. The van der Waals surface area contributed by atoms with Crippen molar-refractivity contribution in [2.75, 3.05) is 0 Å². The van der Waals surface area contributed by atoms with E-state index in [9.17, 15) is 9.13 Å². The quantitative estimate of drug-likeness (QED) is 0.368. The number of aromatic amines is 1. The third-order valence-corrected chi connectivity index (χ3v) is 2.77. The molecule has 0 radical (unpaired) electrons. The molecule has 1 heterocycles. The first-order valence-corrected chi connectivity index (χ1v) is 6.11. The van der Waals surface area contributed by atoms with Gasteiger partial charge >= 0.3 is 15.2 Å². The van der Waals surface area contributed by atoms with E-state index in [2.05, 4.69) is 4.98 Å². The molecule has 0 amide bonds. The molecule has 1 aromatic heterocycles. The fourth-order valence-electron chi connectivity index (χ4n) is 0.597. The van der Waals surface area contributed by atoms with Crippen LogP contribution in [-0.2, 0) is 9.13 Å². The predicted octanol–water partition coefficient (Wildman–Crippen LogP) is -1.98. The van der Waals surface area contributed by atoms with Gasteiger partial charge in [0.25, 0.3) is 0 Å². The molecule has 74 valence electrons. The summed E-state index contributed by atoms with van der Waals surface area (Å²) < 4.78 is 21.1. The highest BCUT2D eigenvalue weighted by atomic mass is 31.2. The maximum atomic E-state index is 10.5. The second-order valence-electron chi connectivity index (χ2n) is 2.18. The Bertz CT molecular complexity index is 363. The van der Waals surface area contributed by atoms with Crippen LogP contribution in [0.4, 0.5) is 0 Å². The Hall–Kier alpha value is -0.490. The van der Waals surface area contributed by atoms with Crippen LogP contribution in [0, 0.1) is 0 Å². The average molecular weight is 228 g/mol. The first-order valence-electron chi connectivity index (χ1n) is 2.88. The van der Waals surface area contributed by atoms with Gasteiger partial charge in [-0.1, -0.05) is 0 Å². The van der Waals surface area contributed by atoms with Crippen LogP contribution in [0.15, 0.2) is 6.20 Å². The lowest BCUT2D eigenvalue weighted by molar-refractivity contribution is 0.385. The van der Waals surface area contributed by atoms with E-state index in [1.807, 2.05) is 4.98 Å².